The molecule has 3 aromatic rings. The third-order valence-electron chi connectivity index (χ3n) is 5.52. The van der Waals surface area contributed by atoms with E-state index in [2.05, 4.69) is 12.2 Å². The Kier molecular flexibility index (Phi) is 7.54. The predicted octanol–water partition coefficient (Wildman–Crippen LogP) is 4.02. The van der Waals surface area contributed by atoms with Crippen molar-refractivity contribution in [1.29, 1.82) is 0 Å². The van der Waals surface area contributed by atoms with E-state index in [1.54, 1.807) is 10.6 Å². The van der Waals surface area contributed by atoms with E-state index in [0.29, 0.717) is 47.1 Å². The molecule has 1 aliphatic heterocycles. The molecule has 33 heavy (non-hydrogen) atoms. The molecular formula is C25H29N3O4S. The minimum Gasteiger partial charge on any atom is -0.486 e. The third kappa shape index (κ3) is 5.33. The van der Waals surface area contributed by atoms with Crippen molar-refractivity contribution in [3.63, 3.8) is 0 Å². The Morgan fingerprint density at radius 1 is 1.18 bits per heavy atom. The van der Waals surface area contributed by atoms with Gasteiger partial charge in [-0.1, -0.05) is 56.3 Å². The molecule has 2 heterocycles. The van der Waals surface area contributed by atoms with Crippen LogP contribution in [-0.2, 0) is 11.3 Å². The first-order chi connectivity index (χ1) is 16.1. The summed E-state index contributed by atoms with van der Waals surface area (Å²) in [7, 11) is 0. The lowest BCUT2D eigenvalue weighted by Gasteiger charge is -2.27. The fourth-order valence-corrected chi connectivity index (χ4v) is 4.75. The topological polar surface area (TPSA) is 82.5 Å². The molecule has 0 unspecified atom stereocenters. The molecule has 8 heteroatoms. The first-order valence-corrected chi connectivity index (χ1v) is 12.3. The van der Waals surface area contributed by atoms with Gasteiger partial charge in [0.2, 0.25) is 5.91 Å². The molecule has 0 spiro atoms. The van der Waals surface area contributed by atoms with Gasteiger partial charge in [-0.05, 0) is 37.1 Å². The van der Waals surface area contributed by atoms with Gasteiger partial charge in [-0.25, -0.2) is 4.98 Å². The quantitative estimate of drug-likeness (QED) is 0.291. The summed E-state index contributed by atoms with van der Waals surface area (Å²) < 4.78 is 13.6. The molecule has 1 aromatic heterocycles. The van der Waals surface area contributed by atoms with Crippen molar-refractivity contribution in [2.75, 3.05) is 13.2 Å². The predicted molar refractivity (Wildman–Crippen MR) is 130 cm³/mol. The number of amides is 1. The van der Waals surface area contributed by atoms with Crippen molar-refractivity contribution in [1.82, 2.24) is 14.9 Å². The number of nitrogens with one attached hydrogen (secondary N) is 1. The van der Waals surface area contributed by atoms with Crippen molar-refractivity contribution < 1.29 is 14.3 Å². The van der Waals surface area contributed by atoms with Crippen molar-refractivity contribution in [3.05, 3.63) is 58.9 Å². The summed E-state index contributed by atoms with van der Waals surface area (Å²) in [5, 5.41) is 3.71. The van der Waals surface area contributed by atoms with Crippen LogP contribution >= 0.6 is 11.8 Å². The summed E-state index contributed by atoms with van der Waals surface area (Å²) in [4.78, 5) is 30.9. The van der Waals surface area contributed by atoms with Gasteiger partial charge in [0, 0.05) is 6.54 Å². The Morgan fingerprint density at radius 3 is 2.73 bits per heavy atom. The van der Waals surface area contributed by atoms with Crippen LogP contribution in [0.5, 0.6) is 11.5 Å². The number of nitrogens with zero attached hydrogens (tertiary/aromatic N) is 2. The molecule has 2 atom stereocenters. The fourth-order valence-electron chi connectivity index (χ4n) is 3.71. The summed E-state index contributed by atoms with van der Waals surface area (Å²) in [5.74, 6) is 1.32. The van der Waals surface area contributed by atoms with E-state index < -0.39 is 0 Å². The molecule has 1 N–H and O–H groups in total. The number of thioether (sulfide) groups is 1. The highest BCUT2D eigenvalue weighted by atomic mass is 32.2. The Bertz CT molecular complexity index is 1180. The number of rotatable bonds is 9. The van der Waals surface area contributed by atoms with E-state index >= 15 is 0 Å². The van der Waals surface area contributed by atoms with Crippen LogP contribution in [0.4, 0.5) is 0 Å². The molecule has 0 aliphatic carbocycles. The van der Waals surface area contributed by atoms with Gasteiger partial charge in [-0.15, -0.1) is 0 Å². The molecule has 7 nitrogen and oxygen atoms in total. The van der Waals surface area contributed by atoms with Gasteiger partial charge < -0.3 is 14.8 Å². The number of aromatic nitrogens is 2. The standard InChI is InChI=1S/C25H29N3O4S/c1-3-5-14-26-23(29)22(4-2)33-25-27-19-11-7-6-10-18(19)24(30)28(25)15-17-16-31-20-12-8-9-13-21(20)32-17/h6-13,17,22H,3-5,14-16H2,1-2H3,(H,26,29)/t17-,22+/m0/s1. The van der Waals surface area contributed by atoms with Gasteiger partial charge in [-0.2, -0.15) is 0 Å². The van der Waals surface area contributed by atoms with Crippen LogP contribution in [0.1, 0.15) is 33.1 Å². The van der Waals surface area contributed by atoms with Crippen LogP contribution in [0.2, 0.25) is 0 Å². The summed E-state index contributed by atoms with van der Waals surface area (Å²) in [6, 6.07) is 14.8. The Morgan fingerprint density at radius 2 is 1.94 bits per heavy atom. The van der Waals surface area contributed by atoms with E-state index in [0.717, 1.165) is 12.8 Å². The average Bonchev–Trinajstić information content (AvgIpc) is 2.84. The molecule has 2 aromatic carbocycles. The van der Waals surface area contributed by atoms with Crippen molar-refractivity contribution in [2.24, 2.45) is 0 Å². The minimum absolute atomic E-state index is 0.0314. The highest BCUT2D eigenvalue weighted by molar-refractivity contribution is 8.00. The number of hydrogen-bond acceptors (Lipinski definition) is 6. The molecule has 0 saturated carbocycles. The highest BCUT2D eigenvalue weighted by Gasteiger charge is 2.26. The highest BCUT2D eigenvalue weighted by Crippen LogP contribution is 2.32. The fraction of sp³-hybridized carbons (Fsp3) is 0.400. The van der Waals surface area contributed by atoms with E-state index in [4.69, 9.17) is 14.5 Å². The minimum atomic E-state index is -0.349. The molecule has 174 valence electrons. The van der Waals surface area contributed by atoms with Gasteiger partial charge in [0.25, 0.3) is 5.56 Å². The number of carbonyl (C=O) groups is 1. The Hall–Kier alpha value is -3.00. The molecule has 0 radical (unpaired) electrons. The van der Waals surface area contributed by atoms with Gasteiger partial charge >= 0.3 is 0 Å². The maximum atomic E-state index is 13.4. The Labute approximate surface area is 197 Å². The van der Waals surface area contributed by atoms with Gasteiger partial charge in [0.05, 0.1) is 22.7 Å². The summed E-state index contributed by atoms with van der Waals surface area (Å²) in [6.07, 6.45) is 2.23. The van der Waals surface area contributed by atoms with Crippen molar-refractivity contribution in [3.8, 4) is 11.5 Å². The number of hydrogen-bond donors (Lipinski definition) is 1. The van der Waals surface area contributed by atoms with Gasteiger partial charge in [0.15, 0.2) is 22.8 Å². The lowest BCUT2D eigenvalue weighted by atomic mass is 10.2. The van der Waals surface area contributed by atoms with E-state index in [-0.39, 0.29) is 29.4 Å². The zero-order valence-electron chi connectivity index (χ0n) is 19.0. The number of para-hydroxylation sites is 3. The van der Waals surface area contributed by atoms with Crippen LogP contribution in [0.15, 0.2) is 58.5 Å². The first kappa shape index (κ1) is 23.2. The largest absolute Gasteiger partial charge is 0.486 e. The summed E-state index contributed by atoms with van der Waals surface area (Å²) in [5.41, 5.74) is 0.473. The summed E-state index contributed by atoms with van der Waals surface area (Å²) >= 11 is 1.33. The van der Waals surface area contributed by atoms with Crippen LogP contribution in [0, 0.1) is 0 Å². The number of carbonyl (C=O) groups excluding carboxylic acids is 1. The molecule has 1 amide bonds. The second-order valence-corrected chi connectivity index (χ2v) is 9.15. The van der Waals surface area contributed by atoms with Gasteiger partial charge in [-0.3, -0.25) is 14.2 Å². The maximum Gasteiger partial charge on any atom is 0.262 e. The molecule has 0 fully saturated rings. The molecule has 0 saturated heterocycles. The zero-order chi connectivity index (χ0) is 23.2. The number of fused-ring (bicyclic) bond motifs is 2. The van der Waals surface area contributed by atoms with Crippen molar-refractivity contribution >= 4 is 28.6 Å². The summed E-state index contributed by atoms with van der Waals surface area (Å²) in [6.45, 7) is 5.31. The average molecular weight is 468 g/mol. The van der Waals surface area contributed by atoms with Gasteiger partial charge in [0.1, 0.15) is 6.61 Å². The van der Waals surface area contributed by atoms with E-state index in [1.165, 1.54) is 11.8 Å². The van der Waals surface area contributed by atoms with Crippen LogP contribution in [0.25, 0.3) is 10.9 Å². The lowest BCUT2D eigenvalue weighted by Crippen LogP contribution is -2.38. The third-order valence-corrected chi connectivity index (χ3v) is 6.88. The first-order valence-electron chi connectivity index (χ1n) is 11.4. The van der Waals surface area contributed by atoms with Crippen molar-refractivity contribution in [2.45, 2.75) is 56.2 Å². The van der Waals surface area contributed by atoms with E-state index in [1.807, 2.05) is 49.4 Å². The number of ether oxygens (including phenoxy) is 2. The van der Waals surface area contributed by atoms with Crippen LogP contribution in [-0.4, -0.2) is 40.0 Å². The second kappa shape index (κ2) is 10.7. The Balaban J connectivity index is 1.63. The zero-order valence-corrected chi connectivity index (χ0v) is 19.8. The SMILES string of the molecule is CCCCNC(=O)[C@@H](CC)Sc1nc2ccccc2c(=O)n1C[C@H]1COc2ccccc2O1. The number of unbranched alkanes of at least 4 members (excludes halogenated alkanes) is 1. The van der Waals surface area contributed by atoms with E-state index in [9.17, 15) is 9.59 Å². The monoisotopic (exact) mass is 467 g/mol. The molecular weight excluding hydrogens is 438 g/mol. The number of benzene rings is 2. The normalized spacial score (nSPS) is 15.9. The molecule has 0 bridgehead atoms. The smallest absolute Gasteiger partial charge is 0.262 e. The molecule has 1 aliphatic rings. The maximum absolute atomic E-state index is 13.4. The second-order valence-electron chi connectivity index (χ2n) is 7.98. The lowest BCUT2D eigenvalue weighted by molar-refractivity contribution is -0.120. The van der Waals surface area contributed by atoms with Crippen LogP contribution < -0.4 is 20.3 Å². The molecule has 4 rings (SSSR count). The van der Waals surface area contributed by atoms with Crippen LogP contribution in [0.3, 0.4) is 0 Å².